The largest absolute Gasteiger partial charge is 0.389 e. The second-order valence-electron chi connectivity index (χ2n) is 6.01. The standard InChI is InChI=1S/C14H22N2O2S2/c1-14(2,3)9-10-20(17,18)16(4)12-7-5-11(6-8-12)13(15)19/h5-8H,9-10H2,1-4H3,(H2,15,19). The second-order valence-corrected chi connectivity index (χ2v) is 8.56. The maximum atomic E-state index is 12.3. The number of anilines is 1. The molecule has 0 saturated heterocycles. The molecule has 0 aliphatic carbocycles. The minimum atomic E-state index is -3.31. The topological polar surface area (TPSA) is 63.4 Å². The van der Waals surface area contributed by atoms with Gasteiger partial charge in [0.1, 0.15) is 4.99 Å². The molecule has 0 radical (unpaired) electrons. The van der Waals surface area contributed by atoms with Crippen molar-refractivity contribution in [1.29, 1.82) is 0 Å². The SMILES string of the molecule is CN(c1ccc(C(N)=S)cc1)S(=O)(=O)CCC(C)(C)C. The fourth-order valence-electron chi connectivity index (χ4n) is 1.57. The quantitative estimate of drug-likeness (QED) is 0.848. The molecule has 0 aliphatic rings. The molecular formula is C14H22N2O2S2. The van der Waals surface area contributed by atoms with Gasteiger partial charge >= 0.3 is 0 Å². The van der Waals surface area contributed by atoms with Gasteiger partial charge in [-0.3, -0.25) is 4.31 Å². The highest BCUT2D eigenvalue weighted by Crippen LogP contribution is 2.23. The number of rotatable bonds is 5. The monoisotopic (exact) mass is 314 g/mol. The summed E-state index contributed by atoms with van der Waals surface area (Å²) in [5, 5.41) is 0. The van der Waals surface area contributed by atoms with Gasteiger partial charge in [0.15, 0.2) is 0 Å². The Hall–Kier alpha value is -1.14. The van der Waals surface area contributed by atoms with Gasteiger partial charge in [0.05, 0.1) is 11.4 Å². The molecule has 2 N–H and O–H groups in total. The lowest BCUT2D eigenvalue weighted by Crippen LogP contribution is -2.30. The van der Waals surface area contributed by atoms with Crippen molar-refractivity contribution in [3.05, 3.63) is 29.8 Å². The summed E-state index contributed by atoms with van der Waals surface area (Å²) in [5.74, 6) is 0.129. The highest BCUT2D eigenvalue weighted by atomic mass is 32.2. The predicted molar refractivity (Wildman–Crippen MR) is 88.6 cm³/mol. The van der Waals surface area contributed by atoms with Gasteiger partial charge in [-0.25, -0.2) is 8.42 Å². The van der Waals surface area contributed by atoms with Crippen LogP contribution in [0.1, 0.15) is 32.8 Å². The molecule has 1 rings (SSSR count). The summed E-state index contributed by atoms with van der Waals surface area (Å²) < 4.78 is 25.9. The summed E-state index contributed by atoms with van der Waals surface area (Å²) in [5.41, 5.74) is 6.85. The van der Waals surface area contributed by atoms with E-state index >= 15 is 0 Å². The summed E-state index contributed by atoms with van der Waals surface area (Å²) in [6.45, 7) is 6.08. The van der Waals surface area contributed by atoms with Gasteiger partial charge in [-0.1, -0.05) is 33.0 Å². The summed E-state index contributed by atoms with van der Waals surface area (Å²) >= 11 is 4.87. The molecule has 112 valence electrons. The molecule has 0 aliphatic heterocycles. The number of sulfonamides is 1. The lowest BCUT2D eigenvalue weighted by Gasteiger charge is -2.23. The van der Waals surface area contributed by atoms with E-state index in [0.29, 0.717) is 17.1 Å². The van der Waals surface area contributed by atoms with E-state index in [4.69, 9.17) is 18.0 Å². The summed E-state index contributed by atoms with van der Waals surface area (Å²) in [6, 6.07) is 6.88. The number of hydrogen-bond donors (Lipinski definition) is 1. The molecule has 0 spiro atoms. The number of nitrogens with zero attached hydrogens (tertiary/aromatic N) is 1. The molecule has 0 atom stereocenters. The smallest absolute Gasteiger partial charge is 0.234 e. The first-order valence-corrected chi connectivity index (χ1v) is 8.41. The summed E-state index contributed by atoms with van der Waals surface area (Å²) in [4.78, 5) is 0.301. The van der Waals surface area contributed by atoms with Crippen LogP contribution in [0.5, 0.6) is 0 Å². The van der Waals surface area contributed by atoms with Crippen LogP contribution < -0.4 is 10.0 Å². The minimum Gasteiger partial charge on any atom is -0.389 e. The van der Waals surface area contributed by atoms with Crippen LogP contribution in [-0.4, -0.2) is 26.2 Å². The zero-order valence-electron chi connectivity index (χ0n) is 12.4. The minimum absolute atomic E-state index is 0.0104. The van der Waals surface area contributed by atoms with Crippen molar-refractivity contribution >= 4 is 32.9 Å². The fraction of sp³-hybridized carbons (Fsp3) is 0.500. The number of thiocarbonyl (C=S) groups is 1. The molecule has 4 nitrogen and oxygen atoms in total. The molecule has 20 heavy (non-hydrogen) atoms. The van der Waals surface area contributed by atoms with E-state index in [1.165, 1.54) is 4.31 Å². The number of hydrogen-bond acceptors (Lipinski definition) is 3. The van der Waals surface area contributed by atoms with E-state index in [1.54, 1.807) is 31.3 Å². The maximum Gasteiger partial charge on any atom is 0.234 e. The zero-order chi connectivity index (χ0) is 15.6. The third kappa shape index (κ3) is 4.76. The Balaban J connectivity index is 2.88. The molecule has 0 fully saturated rings. The molecule has 0 saturated carbocycles. The Morgan fingerprint density at radius 2 is 1.75 bits per heavy atom. The van der Waals surface area contributed by atoms with Crippen molar-refractivity contribution in [1.82, 2.24) is 0 Å². The van der Waals surface area contributed by atoms with Crippen LogP contribution in [0.4, 0.5) is 5.69 Å². The van der Waals surface area contributed by atoms with E-state index in [-0.39, 0.29) is 11.2 Å². The van der Waals surface area contributed by atoms with Crippen molar-refractivity contribution in [3.8, 4) is 0 Å². The Kier molecular flexibility index (Phi) is 5.15. The molecule has 0 unspecified atom stereocenters. The Morgan fingerprint density at radius 3 is 2.15 bits per heavy atom. The van der Waals surface area contributed by atoms with E-state index in [0.717, 1.165) is 5.56 Å². The highest BCUT2D eigenvalue weighted by molar-refractivity contribution is 7.92. The van der Waals surface area contributed by atoms with E-state index in [2.05, 4.69) is 0 Å². The van der Waals surface area contributed by atoms with Gasteiger partial charge < -0.3 is 5.73 Å². The zero-order valence-corrected chi connectivity index (χ0v) is 14.0. The maximum absolute atomic E-state index is 12.3. The van der Waals surface area contributed by atoms with Crippen LogP contribution in [0.3, 0.4) is 0 Å². The first-order valence-electron chi connectivity index (χ1n) is 6.39. The van der Waals surface area contributed by atoms with Crippen molar-refractivity contribution < 1.29 is 8.42 Å². The average Bonchev–Trinajstić information content (AvgIpc) is 2.35. The molecular weight excluding hydrogens is 292 g/mol. The van der Waals surface area contributed by atoms with Crippen LogP contribution >= 0.6 is 12.2 Å². The normalized spacial score (nSPS) is 12.2. The van der Waals surface area contributed by atoms with E-state index < -0.39 is 10.0 Å². The number of nitrogens with two attached hydrogens (primary N) is 1. The van der Waals surface area contributed by atoms with E-state index in [9.17, 15) is 8.42 Å². The van der Waals surface area contributed by atoms with Gasteiger partial charge in [-0.15, -0.1) is 0 Å². The van der Waals surface area contributed by atoms with Gasteiger partial charge in [0.25, 0.3) is 0 Å². The van der Waals surface area contributed by atoms with Crippen molar-refractivity contribution in [2.24, 2.45) is 11.1 Å². The van der Waals surface area contributed by atoms with Gasteiger partial charge in [-0.05, 0) is 36.1 Å². The Morgan fingerprint density at radius 1 is 1.25 bits per heavy atom. The predicted octanol–water partition coefficient (Wildman–Crippen LogP) is 2.52. The molecule has 0 bridgehead atoms. The van der Waals surface area contributed by atoms with Gasteiger partial charge in [0.2, 0.25) is 10.0 Å². The first-order chi connectivity index (χ1) is 9.03. The van der Waals surface area contributed by atoms with E-state index in [1.807, 2.05) is 20.8 Å². The van der Waals surface area contributed by atoms with Crippen molar-refractivity contribution in [3.63, 3.8) is 0 Å². The third-order valence-electron chi connectivity index (χ3n) is 3.04. The summed E-state index contributed by atoms with van der Waals surface area (Å²) in [6.07, 6.45) is 0.616. The van der Waals surface area contributed by atoms with Crippen molar-refractivity contribution in [2.75, 3.05) is 17.1 Å². The molecule has 0 aromatic heterocycles. The van der Waals surface area contributed by atoms with Crippen LogP contribution in [-0.2, 0) is 10.0 Å². The molecule has 0 amide bonds. The van der Waals surface area contributed by atoms with Crippen LogP contribution in [0.2, 0.25) is 0 Å². The first kappa shape index (κ1) is 16.9. The van der Waals surface area contributed by atoms with Crippen LogP contribution in [0.25, 0.3) is 0 Å². The van der Waals surface area contributed by atoms with Gasteiger partial charge in [-0.2, -0.15) is 0 Å². The third-order valence-corrected chi connectivity index (χ3v) is 5.04. The van der Waals surface area contributed by atoms with Crippen LogP contribution in [0, 0.1) is 5.41 Å². The highest BCUT2D eigenvalue weighted by Gasteiger charge is 2.22. The van der Waals surface area contributed by atoms with Crippen molar-refractivity contribution in [2.45, 2.75) is 27.2 Å². The lowest BCUT2D eigenvalue weighted by atomic mass is 9.94. The molecule has 6 heteroatoms. The summed E-state index contributed by atoms with van der Waals surface area (Å²) in [7, 11) is -1.75. The average molecular weight is 314 g/mol. The number of benzene rings is 1. The Labute approximate surface area is 127 Å². The second kappa shape index (κ2) is 6.10. The molecule has 1 aromatic rings. The molecule has 1 aromatic carbocycles. The van der Waals surface area contributed by atoms with Gasteiger partial charge in [0, 0.05) is 12.6 Å². The van der Waals surface area contributed by atoms with Crippen LogP contribution in [0.15, 0.2) is 24.3 Å². The lowest BCUT2D eigenvalue weighted by molar-refractivity contribution is 0.397. The fourth-order valence-corrected chi connectivity index (χ4v) is 3.29. The molecule has 0 heterocycles. The Bertz CT molecular complexity index is 572.